The summed E-state index contributed by atoms with van der Waals surface area (Å²) >= 11 is 1.48. The molecule has 1 saturated heterocycles. The van der Waals surface area contributed by atoms with E-state index in [2.05, 4.69) is 26.1 Å². The van der Waals surface area contributed by atoms with Gasteiger partial charge in [0.25, 0.3) is 5.91 Å². The highest BCUT2D eigenvalue weighted by molar-refractivity contribution is 7.98. The topological polar surface area (TPSA) is 99.2 Å². The summed E-state index contributed by atoms with van der Waals surface area (Å²) in [5, 5.41) is 13.8. The number of hydrogen-bond acceptors (Lipinski definition) is 8. The minimum atomic E-state index is -0.0275. The van der Waals surface area contributed by atoms with Gasteiger partial charge < -0.3 is 14.3 Å². The number of aromatic nitrogens is 3. The van der Waals surface area contributed by atoms with E-state index in [9.17, 15) is 4.79 Å². The minimum absolute atomic E-state index is 0.0275. The number of thioether (sulfide) groups is 1. The van der Waals surface area contributed by atoms with Crippen LogP contribution in [0.3, 0.4) is 0 Å². The van der Waals surface area contributed by atoms with Crippen LogP contribution in [0.15, 0.2) is 52.3 Å². The summed E-state index contributed by atoms with van der Waals surface area (Å²) in [7, 11) is 0. The molecule has 3 aromatic heterocycles. The van der Waals surface area contributed by atoms with Gasteiger partial charge in [0, 0.05) is 50.4 Å². The Hall–Kier alpha value is -3.38. The summed E-state index contributed by atoms with van der Waals surface area (Å²) in [6.07, 6.45) is 3.33. The van der Waals surface area contributed by atoms with Crippen LogP contribution in [0, 0.1) is 18.3 Å². The Labute approximate surface area is 178 Å². The van der Waals surface area contributed by atoms with Gasteiger partial charge in [-0.25, -0.2) is 9.97 Å². The number of carbonyl (C=O) groups excluding carboxylic acids is 1. The molecular weight excluding hydrogens is 400 g/mol. The van der Waals surface area contributed by atoms with Gasteiger partial charge >= 0.3 is 0 Å². The van der Waals surface area contributed by atoms with Crippen molar-refractivity contribution in [3.05, 3.63) is 65.3 Å². The molecule has 1 fully saturated rings. The average molecular weight is 420 g/mol. The van der Waals surface area contributed by atoms with E-state index in [1.54, 1.807) is 30.6 Å². The average Bonchev–Trinajstić information content (AvgIpc) is 3.22. The van der Waals surface area contributed by atoms with Crippen LogP contribution in [0.2, 0.25) is 0 Å². The Morgan fingerprint density at radius 1 is 1.20 bits per heavy atom. The highest BCUT2D eigenvalue weighted by Gasteiger charge is 2.25. The van der Waals surface area contributed by atoms with Crippen molar-refractivity contribution in [2.45, 2.75) is 17.7 Å². The second kappa shape index (κ2) is 8.97. The van der Waals surface area contributed by atoms with Crippen LogP contribution in [-0.4, -0.2) is 52.1 Å². The van der Waals surface area contributed by atoms with Gasteiger partial charge in [-0.05, 0) is 31.2 Å². The summed E-state index contributed by atoms with van der Waals surface area (Å²) in [5.74, 6) is 2.08. The van der Waals surface area contributed by atoms with E-state index in [-0.39, 0.29) is 5.91 Å². The molecule has 9 heteroatoms. The highest BCUT2D eigenvalue weighted by Crippen LogP contribution is 2.26. The number of hydrogen-bond donors (Lipinski definition) is 0. The molecule has 152 valence electrons. The molecule has 0 aromatic carbocycles. The number of pyridine rings is 2. The second-order valence-corrected chi connectivity index (χ2v) is 7.83. The molecule has 1 aliphatic rings. The number of rotatable bonds is 5. The zero-order valence-electron chi connectivity index (χ0n) is 16.5. The fraction of sp³-hybridized carbons (Fsp3) is 0.286. The lowest BCUT2D eigenvalue weighted by Crippen LogP contribution is -2.49. The zero-order valence-corrected chi connectivity index (χ0v) is 17.3. The van der Waals surface area contributed by atoms with Gasteiger partial charge in [-0.1, -0.05) is 16.9 Å². The maximum Gasteiger partial charge on any atom is 0.256 e. The van der Waals surface area contributed by atoms with Gasteiger partial charge in [0.05, 0.1) is 22.9 Å². The molecule has 3 aromatic rings. The summed E-state index contributed by atoms with van der Waals surface area (Å²) in [6, 6.07) is 11.1. The molecule has 0 unspecified atom stereocenters. The van der Waals surface area contributed by atoms with E-state index >= 15 is 0 Å². The molecule has 1 amide bonds. The maximum atomic E-state index is 13.1. The third-order valence-corrected chi connectivity index (χ3v) is 5.84. The van der Waals surface area contributed by atoms with Crippen molar-refractivity contribution in [3.63, 3.8) is 0 Å². The first kappa shape index (κ1) is 19.9. The van der Waals surface area contributed by atoms with Crippen LogP contribution >= 0.6 is 11.8 Å². The lowest BCUT2D eigenvalue weighted by molar-refractivity contribution is 0.0742. The van der Waals surface area contributed by atoms with E-state index in [1.807, 2.05) is 24.0 Å². The van der Waals surface area contributed by atoms with Gasteiger partial charge in [-0.3, -0.25) is 4.79 Å². The van der Waals surface area contributed by atoms with Crippen molar-refractivity contribution in [1.82, 2.24) is 20.0 Å². The van der Waals surface area contributed by atoms with Crippen molar-refractivity contribution in [2.24, 2.45) is 0 Å². The number of anilines is 1. The fourth-order valence-corrected chi connectivity index (χ4v) is 4.13. The van der Waals surface area contributed by atoms with Gasteiger partial charge in [-0.15, -0.1) is 0 Å². The van der Waals surface area contributed by atoms with E-state index in [0.717, 1.165) is 17.3 Å². The van der Waals surface area contributed by atoms with E-state index in [1.165, 1.54) is 11.8 Å². The predicted octanol–water partition coefficient (Wildman–Crippen LogP) is 2.90. The molecule has 30 heavy (non-hydrogen) atoms. The first-order valence-electron chi connectivity index (χ1n) is 9.54. The molecule has 0 bridgehead atoms. The third-order valence-electron chi connectivity index (χ3n) is 4.80. The van der Waals surface area contributed by atoms with Gasteiger partial charge in [0.2, 0.25) is 0 Å². The molecule has 0 spiro atoms. The number of piperazine rings is 1. The normalized spacial score (nSPS) is 13.9. The molecule has 0 saturated carbocycles. The van der Waals surface area contributed by atoms with Crippen LogP contribution in [-0.2, 0) is 5.75 Å². The number of aryl methyl sites for hydroxylation is 1. The molecule has 0 atom stereocenters. The van der Waals surface area contributed by atoms with E-state index < -0.39 is 0 Å². The number of nitrogens with zero attached hydrogens (tertiary/aromatic N) is 6. The summed E-state index contributed by atoms with van der Waals surface area (Å²) in [6.45, 7) is 4.34. The largest absolute Gasteiger partial charge is 0.361 e. The molecule has 0 N–H and O–H groups in total. The van der Waals surface area contributed by atoms with Crippen LogP contribution < -0.4 is 4.90 Å². The first-order chi connectivity index (χ1) is 14.6. The Morgan fingerprint density at radius 3 is 2.77 bits per heavy atom. The molecule has 4 rings (SSSR count). The van der Waals surface area contributed by atoms with Crippen LogP contribution in [0.1, 0.15) is 27.4 Å². The van der Waals surface area contributed by atoms with E-state index in [0.29, 0.717) is 48.1 Å². The quantitative estimate of drug-likeness (QED) is 0.581. The molecular formula is C21H20N6O2S. The Kier molecular flexibility index (Phi) is 5.95. The Morgan fingerprint density at radius 2 is 2.03 bits per heavy atom. The van der Waals surface area contributed by atoms with Crippen molar-refractivity contribution in [2.75, 3.05) is 31.1 Å². The predicted molar refractivity (Wildman–Crippen MR) is 112 cm³/mol. The van der Waals surface area contributed by atoms with Gasteiger partial charge in [0.1, 0.15) is 16.6 Å². The Bertz CT molecular complexity index is 1080. The SMILES string of the molecule is Cc1cc(CSc2ncccc2C(=O)N2CCN(c3cc(C#N)ccn3)CC2)no1. The van der Waals surface area contributed by atoms with Crippen molar-refractivity contribution < 1.29 is 9.32 Å². The minimum Gasteiger partial charge on any atom is -0.361 e. The van der Waals surface area contributed by atoms with Crippen molar-refractivity contribution in [1.29, 1.82) is 5.26 Å². The van der Waals surface area contributed by atoms with Crippen LogP contribution in [0.25, 0.3) is 0 Å². The number of amides is 1. The monoisotopic (exact) mass is 420 g/mol. The summed E-state index contributed by atoms with van der Waals surface area (Å²) in [5.41, 5.74) is 2.00. The smallest absolute Gasteiger partial charge is 0.256 e. The fourth-order valence-electron chi connectivity index (χ4n) is 3.27. The van der Waals surface area contributed by atoms with Crippen molar-refractivity contribution in [3.8, 4) is 6.07 Å². The number of nitriles is 1. The zero-order chi connectivity index (χ0) is 20.9. The Balaban J connectivity index is 1.41. The van der Waals surface area contributed by atoms with E-state index in [4.69, 9.17) is 9.78 Å². The lowest BCUT2D eigenvalue weighted by atomic mass is 10.2. The molecule has 0 aliphatic carbocycles. The standard InChI is InChI=1S/C21H20N6O2S/c1-15-11-17(25-29-15)14-30-20-18(3-2-5-24-20)21(28)27-9-7-26(8-10-27)19-12-16(13-22)4-6-23-19/h2-6,11-12H,7-10,14H2,1H3. The highest BCUT2D eigenvalue weighted by atomic mass is 32.2. The molecule has 4 heterocycles. The van der Waals surface area contributed by atoms with Crippen LogP contribution in [0.4, 0.5) is 5.82 Å². The molecule has 8 nitrogen and oxygen atoms in total. The lowest BCUT2D eigenvalue weighted by Gasteiger charge is -2.35. The van der Waals surface area contributed by atoms with Crippen LogP contribution in [0.5, 0.6) is 0 Å². The maximum absolute atomic E-state index is 13.1. The summed E-state index contributed by atoms with van der Waals surface area (Å²) in [4.78, 5) is 25.8. The first-order valence-corrected chi connectivity index (χ1v) is 10.5. The molecule has 0 radical (unpaired) electrons. The van der Waals surface area contributed by atoms with Crippen molar-refractivity contribution >= 4 is 23.5 Å². The third kappa shape index (κ3) is 4.44. The molecule has 1 aliphatic heterocycles. The second-order valence-electron chi connectivity index (χ2n) is 6.87. The van der Waals surface area contributed by atoms with Gasteiger partial charge in [0.15, 0.2) is 0 Å². The summed E-state index contributed by atoms with van der Waals surface area (Å²) < 4.78 is 5.10. The van der Waals surface area contributed by atoms with Gasteiger partial charge in [-0.2, -0.15) is 5.26 Å². The number of carbonyl (C=O) groups is 1.